The minimum Gasteiger partial charge on any atom is -0.385 e. The summed E-state index contributed by atoms with van der Waals surface area (Å²) in [5.74, 6) is 0.187. The SMILES string of the molecule is CCC(O)(c1ccc(Cl)cc1)C(C)CN1CCN(C)CC1. The highest BCUT2D eigenvalue weighted by atomic mass is 35.5. The molecule has 0 radical (unpaired) electrons. The van der Waals surface area contributed by atoms with E-state index in [-0.39, 0.29) is 5.92 Å². The van der Waals surface area contributed by atoms with Gasteiger partial charge >= 0.3 is 0 Å². The number of hydrogen-bond donors (Lipinski definition) is 1. The molecule has 1 N–H and O–H groups in total. The standard InChI is InChI=1S/C17H27ClN2O/c1-4-17(21,15-5-7-16(18)8-6-15)14(2)13-20-11-9-19(3)10-12-20/h5-8,14,21H,4,9-13H2,1-3H3. The van der Waals surface area contributed by atoms with E-state index in [1.54, 1.807) is 0 Å². The van der Waals surface area contributed by atoms with Gasteiger partial charge in [-0.2, -0.15) is 0 Å². The lowest BCUT2D eigenvalue weighted by Crippen LogP contribution is -2.48. The van der Waals surface area contributed by atoms with Crippen LogP contribution in [0, 0.1) is 5.92 Å². The normalized spacial score (nSPS) is 22.0. The molecule has 1 aromatic carbocycles. The third kappa shape index (κ3) is 3.98. The molecule has 2 unspecified atom stereocenters. The molecule has 1 fully saturated rings. The van der Waals surface area contributed by atoms with Crippen LogP contribution in [0.15, 0.2) is 24.3 Å². The topological polar surface area (TPSA) is 26.7 Å². The molecule has 0 amide bonds. The van der Waals surface area contributed by atoms with Gasteiger partial charge < -0.3 is 14.9 Å². The molecular weight excluding hydrogens is 284 g/mol. The van der Waals surface area contributed by atoms with E-state index in [0.717, 1.165) is 38.3 Å². The molecule has 1 aliphatic heterocycles. The van der Waals surface area contributed by atoms with E-state index in [9.17, 15) is 5.11 Å². The molecule has 118 valence electrons. The average Bonchev–Trinajstić information content (AvgIpc) is 2.49. The van der Waals surface area contributed by atoms with Gasteiger partial charge in [0.25, 0.3) is 0 Å². The highest BCUT2D eigenvalue weighted by Crippen LogP contribution is 2.34. The van der Waals surface area contributed by atoms with Gasteiger partial charge in [-0.25, -0.2) is 0 Å². The molecule has 1 heterocycles. The maximum absolute atomic E-state index is 11.2. The number of likely N-dealkylation sites (N-methyl/N-ethyl adjacent to an activating group) is 1. The van der Waals surface area contributed by atoms with Crippen molar-refractivity contribution in [3.63, 3.8) is 0 Å². The Morgan fingerprint density at radius 3 is 2.29 bits per heavy atom. The van der Waals surface area contributed by atoms with Crippen molar-refractivity contribution in [2.24, 2.45) is 5.92 Å². The van der Waals surface area contributed by atoms with Crippen LogP contribution in [0.2, 0.25) is 5.02 Å². The third-order valence-electron chi connectivity index (χ3n) is 4.83. The first kappa shape index (κ1) is 16.8. The number of nitrogens with zero attached hydrogens (tertiary/aromatic N) is 2. The first-order valence-electron chi connectivity index (χ1n) is 7.85. The lowest BCUT2D eigenvalue weighted by atomic mass is 9.80. The van der Waals surface area contributed by atoms with E-state index in [1.807, 2.05) is 24.3 Å². The van der Waals surface area contributed by atoms with E-state index in [2.05, 4.69) is 30.7 Å². The van der Waals surface area contributed by atoms with Crippen molar-refractivity contribution in [2.75, 3.05) is 39.8 Å². The molecule has 1 saturated heterocycles. The first-order chi connectivity index (χ1) is 9.95. The Kier molecular flexibility index (Phi) is 5.67. The zero-order chi connectivity index (χ0) is 15.5. The summed E-state index contributed by atoms with van der Waals surface area (Å²) >= 11 is 5.96. The second-order valence-electron chi connectivity index (χ2n) is 6.29. The van der Waals surface area contributed by atoms with Gasteiger partial charge in [-0.05, 0) is 31.2 Å². The van der Waals surface area contributed by atoms with E-state index >= 15 is 0 Å². The predicted molar refractivity (Wildman–Crippen MR) is 88.7 cm³/mol. The van der Waals surface area contributed by atoms with Crippen LogP contribution < -0.4 is 0 Å². The van der Waals surface area contributed by atoms with Crippen LogP contribution in [0.25, 0.3) is 0 Å². The van der Waals surface area contributed by atoms with Crippen LogP contribution in [0.5, 0.6) is 0 Å². The van der Waals surface area contributed by atoms with Crippen LogP contribution in [-0.4, -0.2) is 54.7 Å². The van der Waals surface area contributed by atoms with Crippen molar-refractivity contribution in [3.05, 3.63) is 34.9 Å². The van der Waals surface area contributed by atoms with E-state index in [1.165, 1.54) is 0 Å². The number of piperazine rings is 1. The quantitative estimate of drug-likeness (QED) is 0.906. The van der Waals surface area contributed by atoms with Crippen LogP contribution in [0.1, 0.15) is 25.8 Å². The van der Waals surface area contributed by atoms with Crippen LogP contribution >= 0.6 is 11.6 Å². The Labute approximate surface area is 133 Å². The van der Waals surface area contributed by atoms with Crippen molar-refractivity contribution >= 4 is 11.6 Å². The second-order valence-corrected chi connectivity index (χ2v) is 6.73. The first-order valence-corrected chi connectivity index (χ1v) is 8.23. The molecule has 0 aromatic heterocycles. The molecule has 0 aliphatic carbocycles. The van der Waals surface area contributed by atoms with Crippen LogP contribution in [0.3, 0.4) is 0 Å². The van der Waals surface area contributed by atoms with Crippen molar-refractivity contribution in [1.82, 2.24) is 9.80 Å². The Bertz CT molecular complexity index is 443. The summed E-state index contributed by atoms with van der Waals surface area (Å²) in [7, 11) is 2.16. The summed E-state index contributed by atoms with van der Waals surface area (Å²) in [6.45, 7) is 9.52. The smallest absolute Gasteiger partial charge is 0.0931 e. The number of aliphatic hydroxyl groups is 1. The molecule has 3 nitrogen and oxygen atoms in total. The van der Waals surface area contributed by atoms with Gasteiger partial charge in [-0.3, -0.25) is 0 Å². The van der Waals surface area contributed by atoms with E-state index in [4.69, 9.17) is 11.6 Å². The Balaban J connectivity index is 2.06. The summed E-state index contributed by atoms with van der Waals surface area (Å²) in [6.07, 6.45) is 0.712. The fourth-order valence-electron chi connectivity index (χ4n) is 3.14. The largest absolute Gasteiger partial charge is 0.385 e. The molecule has 2 atom stereocenters. The van der Waals surface area contributed by atoms with Crippen LogP contribution in [-0.2, 0) is 5.60 Å². The molecule has 2 rings (SSSR count). The molecule has 4 heteroatoms. The maximum Gasteiger partial charge on any atom is 0.0931 e. The highest BCUT2D eigenvalue weighted by Gasteiger charge is 2.35. The van der Waals surface area contributed by atoms with Gasteiger partial charge in [0, 0.05) is 43.7 Å². The molecule has 1 aromatic rings. The Hall–Kier alpha value is -0.610. The molecule has 1 aliphatic rings. The lowest BCUT2D eigenvalue weighted by Gasteiger charge is -2.39. The average molecular weight is 311 g/mol. The minimum absolute atomic E-state index is 0.187. The second kappa shape index (κ2) is 7.10. The maximum atomic E-state index is 11.2. The number of rotatable bonds is 5. The summed E-state index contributed by atoms with van der Waals surface area (Å²) in [4.78, 5) is 4.81. The number of benzene rings is 1. The number of halogens is 1. The zero-order valence-corrected chi connectivity index (χ0v) is 14.1. The van der Waals surface area contributed by atoms with Crippen molar-refractivity contribution in [2.45, 2.75) is 25.9 Å². The molecule has 0 bridgehead atoms. The van der Waals surface area contributed by atoms with Gasteiger partial charge in [0.15, 0.2) is 0 Å². The van der Waals surface area contributed by atoms with Gasteiger partial charge in [-0.15, -0.1) is 0 Å². The van der Waals surface area contributed by atoms with Crippen LogP contribution in [0.4, 0.5) is 0 Å². The van der Waals surface area contributed by atoms with Crippen molar-refractivity contribution in [3.8, 4) is 0 Å². The molecule has 0 saturated carbocycles. The monoisotopic (exact) mass is 310 g/mol. The minimum atomic E-state index is -0.784. The summed E-state index contributed by atoms with van der Waals surface area (Å²) in [5, 5.41) is 11.9. The predicted octanol–water partition coefficient (Wildman–Crippen LogP) is 2.82. The number of hydrogen-bond acceptors (Lipinski definition) is 3. The van der Waals surface area contributed by atoms with E-state index < -0.39 is 5.60 Å². The fourth-order valence-corrected chi connectivity index (χ4v) is 3.27. The Morgan fingerprint density at radius 2 is 1.76 bits per heavy atom. The molecule has 0 spiro atoms. The van der Waals surface area contributed by atoms with Gasteiger partial charge in [0.2, 0.25) is 0 Å². The highest BCUT2D eigenvalue weighted by molar-refractivity contribution is 6.30. The van der Waals surface area contributed by atoms with Gasteiger partial charge in [0.05, 0.1) is 5.60 Å². The van der Waals surface area contributed by atoms with Gasteiger partial charge in [0.1, 0.15) is 0 Å². The van der Waals surface area contributed by atoms with Crippen molar-refractivity contribution in [1.29, 1.82) is 0 Å². The van der Waals surface area contributed by atoms with E-state index in [0.29, 0.717) is 11.4 Å². The summed E-state index contributed by atoms with van der Waals surface area (Å²) in [6, 6.07) is 7.62. The summed E-state index contributed by atoms with van der Waals surface area (Å²) in [5.41, 5.74) is 0.185. The molecule has 21 heavy (non-hydrogen) atoms. The zero-order valence-electron chi connectivity index (χ0n) is 13.3. The third-order valence-corrected chi connectivity index (χ3v) is 5.08. The fraction of sp³-hybridized carbons (Fsp3) is 0.647. The summed E-state index contributed by atoms with van der Waals surface area (Å²) < 4.78 is 0. The Morgan fingerprint density at radius 1 is 1.19 bits per heavy atom. The lowest BCUT2D eigenvalue weighted by molar-refractivity contribution is -0.0371. The van der Waals surface area contributed by atoms with Gasteiger partial charge in [-0.1, -0.05) is 37.6 Å². The van der Waals surface area contributed by atoms with Crippen molar-refractivity contribution < 1.29 is 5.11 Å². The molecular formula is C17H27ClN2O.